The molecular formula is C34H47ClF3N3O5S2. The number of nitrogens with zero attached hydrogens (tertiary/aromatic N) is 2. The van der Waals surface area contributed by atoms with Crippen molar-refractivity contribution in [3.63, 3.8) is 0 Å². The van der Waals surface area contributed by atoms with Gasteiger partial charge in [-0.2, -0.15) is 40.2 Å². The molecule has 3 aliphatic rings. The molecule has 1 heterocycles. The van der Waals surface area contributed by atoms with E-state index in [2.05, 4.69) is 5.32 Å². The van der Waals surface area contributed by atoms with Gasteiger partial charge in [-0.05, 0) is 55.9 Å². The number of benzene rings is 2. The Morgan fingerprint density at radius 2 is 1.44 bits per heavy atom. The van der Waals surface area contributed by atoms with E-state index < -0.39 is 34.7 Å². The minimum atomic E-state index is -4.43. The Labute approximate surface area is 300 Å². The number of methoxy groups -OCH3 is 1. The van der Waals surface area contributed by atoms with Crippen LogP contribution in [0.25, 0.3) is 0 Å². The van der Waals surface area contributed by atoms with Gasteiger partial charge in [-0.3, -0.25) is 14.4 Å². The van der Waals surface area contributed by atoms with Gasteiger partial charge in [0, 0.05) is 13.1 Å². The summed E-state index contributed by atoms with van der Waals surface area (Å²) in [4.78, 5) is 52.5. The van der Waals surface area contributed by atoms with E-state index in [1.165, 1.54) is 29.7 Å². The minimum Gasteiger partial charge on any atom is -0.467 e. The van der Waals surface area contributed by atoms with Crippen LogP contribution < -0.4 is 5.32 Å². The molecule has 0 radical (unpaired) electrons. The van der Waals surface area contributed by atoms with Gasteiger partial charge in [-0.1, -0.05) is 75.1 Å². The second-order valence-corrected chi connectivity index (χ2v) is 12.2. The lowest BCUT2D eigenvalue weighted by Crippen LogP contribution is -2.65. The van der Waals surface area contributed by atoms with Gasteiger partial charge in [0.15, 0.2) is 0 Å². The van der Waals surface area contributed by atoms with Crippen molar-refractivity contribution >= 4 is 62.3 Å². The smallest absolute Gasteiger partial charge is 0.416 e. The summed E-state index contributed by atoms with van der Waals surface area (Å²) in [5.74, 6) is -1.22. The molecule has 8 nitrogen and oxygen atoms in total. The van der Waals surface area contributed by atoms with Crippen LogP contribution in [-0.4, -0.2) is 64.1 Å². The summed E-state index contributed by atoms with van der Waals surface area (Å²) in [5, 5.41) is 2.76. The molecule has 3 fully saturated rings. The van der Waals surface area contributed by atoms with Crippen LogP contribution in [0.2, 0.25) is 0 Å². The van der Waals surface area contributed by atoms with Crippen LogP contribution in [0.1, 0.15) is 81.0 Å². The van der Waals surface area contributed by atoms with Crippen LogP contribution in [0.15, 0.2) is 48.5 Å². The molecule has 14 heteroatoms. The molecule has 2 aromatic carbocycles. The lowest BCUT2D eigenvalue weighted by molar-refractivity contribution is -0.161. The van der Waals surface area contributed by atoms with E-state index >= 15 is 0 Å². The van der Waals surface area contributed by atoms with E-state index in [9.17, 15) is 32.3 Å². The molecule has 0 bridgehead atoms. The maximum atomic E-state index is 12.7. The molecule has 0 unspecified atom stereocenters. The summed E-state index contributed by atoms with van der Waals surface area (Å²) >= 11 is 5.69. The molecule has 1 spiro atoms. The number of piperazine rings is 1. The quantitative estimate of drug-likeness (QED) is 0.263. The van der Waals surface area contributed by atoms with Crippen molar-refractivity contribution in [2.24, 2.45) is 0 Å². The number of carbonyl (C=O) groups is 4. The predicted molar refractivity (Wildman–Crippen MR) is 189 cm³/mol. The summed E-state index contributed by atoms with van der Waals surface area (Å²) in [6, 6.07) is 12.7. The average molecular weight is 734 g/mol. The van der Waals surface area contributed by atoms with Gasteiger partial charge in [-0.15, -0.1) is 11.6 Å². The summed E-state index contributed by atoms with van der Waals surface area (Å²) in [5.41, 5.74) is 0.303. The first-order chi connectivity index (χ1) is 21.4. The Kier molecular flexibility index (Phi) is 16.3. The molecule has 2 saturated carbocycles. The number of ether oxygens (including phenoxy) is 1. The second kappa shape index (κ2) is 18.2. The molecule has 1 saturated heterocycles. The lowest BCUT2D eigenvalue weighted by atomic mass is 9.90. The molecule has 0 aromatic heterocycles. The molecule has 2 aromatic rings. The first-order valence-corrected chi connectivity index (χ1v) is 15.6. The number of amides is 3. The number of nitrogens with one attached hydrogen (secondary N) is 1. The third kappa shape index (κ3) is 9.41. The highest BCUT2D eigenvalue weighted by molar-refractivity contribution is 7.59. The van der Waals surface area contributed by atoms with Crippen LogP contribution in [0.5, 0.6) is 0 Å². The van der Waals surface area contributed by atoms with Gasteiger partial charge in [0.25, 0.3) is 0 Å². The maximum Gasteiger partial charge on any atom is 0.416 e. The zero-order valence-electron chi connectivity index (χ0n) is 26.6. The highest BCUT2D eigenvalue weighted by Crippen LogP contribution is 2.39. The number of hydrogen-bond acceptors (Lipinski definition) is 5. The van der Waals surface area contributed by atoms with Gasteiger partial charge < -0.3 is 19.9 Å². The SMILES string of the molecule is C.COC(=O)C1(N(Cc2ccc(C(F)(F)F)cc2)C(=O)CCl)CCCC1.Cc1ccc(CN2C(=O)CNC(=O)C23CCCC3)cc1.S.S. The van der Waals surface area contributed by atoms with Gasteiger partial charge >= 0.3 is 12.1 Å². The first-order valence-electron chi connectivity index (χ1n) is 15.1. The number of aryl methyl sites for hydroxylation is 1. The molecule has 268 valence electrons. The Balaban J connectivity index is 0.000000460. The zero-order chi connectivity index (χ0) is 32.8. The third-order valence-electron chi connectivity index (χ3n) is 9.08. The molecule has 48 heavy (non-hydrogen) atoms. The Morgan fingerprint density at radius 3 is 1.94 bits per heavy atom. The lowest BCUT2D eigenvalue weighted by Gasteiger charge is -2.43. The Bertz CT molecular complexity index is 1380. The van der Waals surface area contributed by atoms with E-state index in [0.717, 1.165) is 56.2 Å². The van der Waals surface area contributed by atoms with E-state index in [0.29, 0.717) is 24.9 Å². The second-order valence-electron chi connectivity index (χ2n) is 11.9. The average Bonchev–Trinajstić information content (AvgIpc) is 3.73. The minimum absolute atomic E-state index is 0. The molecule has 2 aliphatic carbocycles. The molecule has 1 N–H and O–H groups in total. The third-order valence-corrected chi connectivity index (χ3v) is 9.31. The van der Waals surface area contributed by atoms with E-state index in [1.807, 2.05) is 36.1 Å². The zero-order valence-corrected chi connectivity index (χ0v) is 29.3. The first kappa shape index (κ1) is 43.1. The Hall–Kier alpha value is -2.90. The van der Waals surface area contributed by atoms with Crippen LogP contribution >= 0.6 is 38.6 Å². The maximum absolute atomic E-state index is 12.7. The van der Waals surface area contributed by atoms with E-state index in [4.69, 9.17) is 16.3 Å². The van der Waals surface area contributed by atoms with Crippen molar-refractivity contribution < 1.29 is 37.1 Å². The van der Waals surface area contributed by atoms with Crippen molar-refractivity contribution in [1.29, 1.82) is 0 Å². The number of halogens is 4. The van der Waals surface area contributed by atoms with Crippen LogP contribution in [0.3, 0.4) is 0 Å². The van der Waals surface area contributed by atoms with Gasteiger partial charge in [-0.25, -0.2) is 4.79 Å². The highest BCUT2D eigenvalue weighted by atomic mass is 35.5. The monoisotopic (exact) mass is 733 g/mol. The van der Waals surface area contributed by atoms with Crippen molar-refractivity contribution in [3.05, 3.63) is 70.8 Å². The molecule has 5 rings (SSSR count). The largest absolute Gasteiger partial charge is 0.467 e. The molecular weight excluding hydrogens is 687 g/mol. The summed E-state index contributed by atoms with van der Waals surface area (Å²) in [6.45, 7) is 2.71. The summed E-state index contributed by atoms with van der Waals surface area (Å²) < 4.78 is 42.9. The fourth-order valence-electron chi connectivity index (χ4n) is 6.62. The van der Waals surface area contributed by atoms with Crippen LogP contribution in [0.4, 0.5) is 13.2 Å². The van der Waals surface area contributed by atoms with Crippen LogP contribution in [-0.2, 0) is 43.2 Å². The van der Waals surface area contributed by atoms with Gasteiger partial charge in [0.2, 0.25) is 17.7 Å². The van der Waals surface area contributed by atoms with Crippen molar-refractivity contribution in [1.82, 2.24) is 15.1 Å². The van der Waals surface area contributed by atoms with E-state index in [-0.39, 0.29) is 65.2 Å². The summed E-state index contributed by atoms with van der Waals surface area (Å²) in [7, 11) is 1.25. The van der Waals surface area contributed by atoms with E-state index in [1.54, 1.807) is 0 Å². The number of alkyl halides is 4. The standard InChI is InChI=1S/C17H19ClF3NO3.C16H20N2O2.CH4.2H2S/c1-25-15(24)16(8-2-3-9-16)22(14(23)10-18)11-12-4-6-13(7-5-12)17(19,20)21;1-12-4-6-13(7-5-12)11-18-14(19)10-17-15(20)16(18)8-2-3-9-16;;;/h4-7H,2-3,8-11H2,1H3;4-7H,2-3,8-11H2,1H3,(H,17,20);1H4;2*1H2. The number of hydrogen-bond donors (Lipinski definition) is 1. The molecule has 3 amide bonds. The van der Waals surface area contributed by atoms with Gasteiger partial charge in [0.1, 0.15) is 17.0 Å². The number of carbonyl (C=O) groups excluding carboxylic acids is 4. The highest BCUT2D eigenvalue weighted by Gasteiger charge is 2.51. The Morgan fingerprint density at radius 1 is 0.917 bits per heavy atom. The fourth-order valence-corrected chi connectivity index (χ4v) is 6.76. The van der Waals surface area contributed by atoms with Crippen molar-refractivity contribution in [2.45, 2.75) is 96.1 Å². The normalized spacial score (nSPS) is 17.5. The predicted octanol–water partition coefficient (Wildman–Crippen LogP) is 6.39. The van der Waals surface area contributed by atoms with Crippen molar-refractivity contribution in [2.75, 3.05) is 19.5 Å². The van der Waals surface area contributed by atoms with Crippen LogP contribution in [0, 0.1) is 6.92 Å². The number of esters is 1. The number of rotatable bonds is 7. The topological polar surface area (TPSA) is 96.0 Å². The molecule has 1 aliphatic heterocycles. The summed E-state index contributed by atoms with van der Waals surface area (Å²) in [6.07, 6.45) is 1.60. The fraction of sp³-hybridized carbons (Fsp3) is 0.529. The van der Waals surface area contributed by atoms with Crippen molar-refractivity contribution in [3.8, 4) is 0 Å². The molecule has 0 atom stereocenters. The van der Waals surface area contributed by atoms with Gasteiger partial charge in [0.05, 0.1) is 19.2 Å².